The fourth-order valence-corrected chi connectivity index (χ4v) is 4.24. The van der Waals surface area contributed by atoms with Crippen molar-refractivity contribution < 1.29 is 19.4 Å². The zero-order valence-electron chi connectivity index (χ0n) is 17.4. The summed E-state index contributed by atoms with van der Waals surface area (Å²) in [5.41, 5.74) is 1.23. The molecule has 0 unspecified atom stereocenters. The van der Waals surface area contributed by atoms with Gasteiger partial charge in [0.15, 0.2) is 11.4 Å². The van der Waals surface area contributed by atoms with Crippen LogP contribution in [0.5, 0.6) is 11.5 Å². The lowest BCUT2D eigenvalue weighted by molar-refractivity contribution is 0.0503. The summed E-state index contributed by atoms with van der Waals surface area (Å²) < 4.78 is 13.3. The first-order valence-electron chi connectivity index (χ1n) is 10.5. The van der Waals surface area contributed by atoms with Crippen LogP contribution in [0.1, 0.15) is 27.7 Å². The number of carbonyl (C=O) groups excluding carboxylic acids is 1. The van der Waals surface area contributed by atoms with E-state index in [-0.39, 0.29) is 18.4 Å². The lowest BCUT2D eigenvalue weighted by atomic mass is 9.97. The van der Waals surface area contributed by atoms with Crippen LogP contribution in [0.15, 0.2) is 71.7 Å². The highest BCUT2D eigenvalue weighted by Gasteiger charge is 2.37. The van der Waals surface area contributed by atoms with Crippen molar-refractivity contribution in [1.29, 1.82) is 0 Å². The van der Waals surface area contributed by atoms with Gasteiger partial charge in [-0.1, -0.05) is 48.5 Å². The number of fused-ring (bicyclic) bond motifs is 5. The first kappa shape index (κ1) is 20.1. The van der Waals surface area contributed by atoms with Crippen molar-refractivity contribution in [3.05, 3.63) is 93.9 Å². The number of hydrogen-bond donors (Lipinski definition) is 1. The second-order valence-corrected chi connectivity index (χ2v) is 7.68. The normalized spacial score (nSPS) is 18.6. The molecule has 0 aliphatic carbocycles. The molecular formula is C24H23N3O5. The van der Waals surface area contributed by atoms with Gasteiger partial charge in [0.05, 0.1) is 13.2 Å². The quantitative estimate of drug-likeness (QED) is 0.633. The summed E-state index contributed by atoms with van der Waals surface area (Å²) in [5.74, 6) is -0.259. The Morgan fingerprint density at radius 3 is 2.53 bits per heavy atom. The molecule has 0 fully saturated rings. The van der Waals surface area contributed by atoms with E-state index in [1.54, 1.807) is 9.58 Å². The zero-order chi connectivity index (χ0) is 22.1. The molecule has 0 spiro atoms. The number of benzene rings is 2. The molecule has 8 nitrogen and oxygen atoms in total. The Labute approximate surface area is 184 Å². The number of aromatic hydroxyl groups is 1. The van der Waals surface area contributed by atoms with E-state index < -0.39 is 17.1 Å². The number of para-hydroxylation sites is 1. The summed E-state index contributed by atoms with van der Waals surface area (Å²) in [4.78, 5) is 27.0. The van der Waals surface area contributed by atoms with Crippen LogP contribution in [0, 0.1) is 0 Å². The fourth-order valence-electron chi connectivity index (χ4n) is 4.24. The standard InChI is InChI=1S/C24H23N3O5/c28-19-10-11-26-22(23(19)29)24(30)25-12-13-31-14-15-32-20-9-5-4-8-18(20)21(27(26)16-25)17-6-2-1-3-7-17/h1-11,21,29H,12-16H2/t21-/m1/s1. The highest BCUT2D eigenvalue weighted by molar-refractivity contribution is 5.96. The molecule has 8 heteroatoms. The van der Waals surface area contributed by atoms with Crippen LogP contribution < -0.4 is 15.2 Å². The first-order valence-corrected chi connectivity index (χ1v) is 10.5. The maximum Gasteiger partial charge on any atom is 0.277 e. The van der Waals surface area contributed by atoms with Crippen molar-refractivity contribution in [1.82, 2.24) is 9.58 Å². The van der Waals surface area contributed by atoms with Gasteiger partial charge in [-0.15, -0.1) is 0 Å². The van der Waals surface area contributed by atoms with Crippen LogP contribution in [0.2, 0.25) is 0 Å². The minimum absolute atomic E-state index is 0.0554. The molecule has 1 N–H and O–H groups in total. The topological polar surface area (TPSA) is 84.2 Å². The molecule has 3 aromatic rings. The second-order valence-electron chi connectivity index (χ2n) is 7.68. The first-order chi connectivity index (χ1) is 15.6. The lowest BCUT2D eigenvalue weighted by Gasteiger charge is -2.44. The number of carbonyl (C=O) groups is 1. The molecule has 2 bridgehead atoms. The Morgan fingerprint density at radius 1 is 0.906 bits per heavy atom. The second kappa shape index (κ2) is 8.39. The molecule has 3 heterocycles. The van der Waals surface area contributed by atoms with Crippen molar-refractivity contribution in [2.24, 2.45) is 0 Å². The monoisotopic (exact) mass is 433 g/mol. The van der Waals surface area contributed by atoms with Crippen molar-refractivity contribution in [3.8, 4) is 11.5 Å². The molecule has 2 aliphatic heterocycles. The molecule has 5 rings (SSSR count). The van der Waals surface area contributed by atoms with Crippen molar-refractivity contribution in [2.75, 3.05) is 38.0 Å². The van der Waals surface area contributed by atoms with Crippen molar-refractivity contribution >= 4 is 5.91 Å². The summed E-state index contributed by atoms with van der Waals surface area (Å²) in [5, 5.41) is 12.5. The number of nitrogens with zero attached hydrogens (tertiary/aromatic N) is 3. The van der Waals surface area contributed by atoms with Gasteiger partial charge in [0, 0.05) is 24.4 Å². The number of rotatable bonds is 1. The number of ether oxygens (including phenoxy) is 2. The van der Waals surface area contributed by atoms with E-state index in [0.29, 0.717) is 32.1 Å². The minimum Gasteiger partial charge on any atom is -0.502 e. The van der Waals surface area contributed by atoms with Gasteiger partial charge in [0.2, 0.25) is 5.43 Å². The van der Waals surface area contributed by atoms with E-state index in [4.69, 9.17) is 9.47 Å². The van der Waals surface area contributed by atoms with E-state index in [1.807, 2.05) is 59.6 Å². The number of amides is 1. The fraction of sp³-hybridized carbons (Fsp3) is 0.250. The minimum atomic E-state index is -0.594. The average molecular weight is 433 g/mol. The molecule has 2 aliphatic rings. The molecule has 1 amide bonds. The van der Waals surface area contributed by atoms with E-state index in [1.165, 1.54) is 12.3 Å². The molecule has 0 saturated carbocycles. The number of aromatic nitrogens is 1. The van der Waals surface area contributed by atoms with Crippen LogP contribution in [0.3, 0.4) is 0 Å². The highest BCUT2D eigenvalue weighted by Crippen LogP contribution is 2.36. The maximum absolute atomic E-state index is 13.2. The van der Waals surface area contributed by atoms with Crippen LogP contribution in [0.4, 0.5) is 0 Å². The van der Waals surface area contributed by atoms with Gasteiger partial charge in [-0.2, -0.15) is 0 Å². The molecular weight excluding hydrogens is 410 g/mol. The molecule has 164 valence electrons. The predicted octanol–water partition coefficient (Wildman–Crippen LogP) is 2.10. The molecule has 2 aromatic carbocycles. The molecule has 0 saturated heterocycles. The van der Waals surface area contributed by atoms with Crippen molar-refractivity contribution in [2.45, 2.75) is 6.04 Å². The lowest BCUT2D eigenvalue weighted by Crippen LogP contribution is -2.56. The Morgan fingerprint density at radius 2 is 1.69 bits per heavy atom. The predicted molar refractivity (Wildman–Crippen MR) is 118 cm³/mol. The Bertz CT molecular complexity index is 1190. The molecule has 0 radical (unpaired) electrons. The van der Waals surface area contributed by atoms with Crippen molar-refractivity contribution in [3.63, 3.8) is 0 Å². The summed E-state index contributed by atoms with van der Waals surface area (Å²) in [6.07, 6.45) is 1.54. The van der Waals surface area contributed by atoms with E-state index >= 15 is 0 Å². The Hall–Kier alpha value is -3.78. The third-order valence-electron chi connectivity index (χ3n) is 5.75. The van der Waals surface area contributed by atoms with Gasteiger partial charge in [0.1, 0.15) is 25.1 Å². The van der Waals surface area contributed by atoms with Crippen LogP contribution >= 0.6 is 0 Å². The number of pyridine rings is 1. The Kier molecular flexibility index (Phi) is 5.28. The molecule has 1 atom stereocenters. The SMILES string of the molecule is O=C1c2c(O)c(=O)ccn2N2CN1CCOCCOc1ccccc1[C@H]2c1ccccc1. The third-order valence-corrected chi connectivity index (χ3v) is 5.75. The summed E-state index contributed by atoms with van der Waals surface area (Å²) in [6.45, 7) is 1.65. The average Bonchev–Trinajstić information content (AvgIpc) is 2.81. The zero-order valence-corrected chi connectivity index (χ0v) is 17.4. The summed E-state index contributed by atoms with van der Waals surface area (Å²) in [6, 6.07) is 18.6. The van der Waals surface area contributed by atoms with Crippen LogP contribution in [-0.4, -0.2) is 53.6 Å². The van der Waals surface area contributed by atoms with Gasteiger partial charge in [-0.25, -0.2) is 0 Å². The van der Waals surface area contributed by atoms with E-state index in [0.717, 1.165) is 11.1 Å². The third kappa shape index (κ3) is 3.48. The summed E-state index contributed by atoms with van der Waals surface area (Å²) in [7, 11) is 0. The van der Waals surface area contributed by atoms with Gasteiger partial charge >= 0.3 is 0 Å². The highest BCUT2D eigenvalue weighted by atomic mass is 16.5. The number of hydrogen-bond acceptors (Lipinski definition) is 6. The van der Waals surface area contributed by atoms with Crippen LogP contribution in [-0.2, 0) is 4.74 Å². The van der Waals surface area contributed by atoms with Gasteiger partial charge in [0.25, 0.3) is 5.91 Å². The van der Waals surface area contributed by atoms with Gasteiger partial charge in [-0.3, -0.25) is 19.3 Å². The largest absolute Gasteiger partial charge is 0.502 e. The van der Waals surface area contributed by atoms with Gasteiger partial charge < -0.3 is 19.5 Å². The van der Waals surface area contributed by atoms with E-state index in [2.05, 4.69) is 0 Å². The van der Waals surface area contributed by atoms with Crippen LogP contribution in [0.25, 0.3) is 0 Å². The van der Waals surface area contributed by atoms with Gasteiger partial charge in [-0.05, 0) is 11.6 Å². The summed E-state index contributed by atoms with van der Waals surface area (Å²) >= 11 is 0. The smallest absolute Gasteiger partial charge is 0.277 e. The maximum atomic E-state index is 13.2. The molecule has 32 heavy (non-hydrogen) atoms. The Balaban J connectivity index is 1.76. The molecule has 1 aromatic heterocycles. The van der Waals surface area contributed by atoms with E-state index in [9.17, 15) is 14.7 Å².